The quantitative estimate of drug-likeness (QED) is 0.633. The fourth-order valence-corrected chi connectivity index (χ4v) is 3.94. The van der Waals surface area contributed by atoms with Gasteiger partial charge in [0.25, 0.3) is 10.0 Å². The molecule has 0 fully saturated rings. The Balaban J connectivity index is 2.26. The highest BCUT2D eigenvalue weighted by atomic mass is 35.5. The molecule has 0 aliphatic heterocycles. The molecule has 2 rings (SSSR count). The van der Waals surface area contributed by atoms with E-state index in [-0.39, 0.29) is 10.8 Å². The van der Waals surface area contributed by atoms with Crippen molar-refractivity contribution in [3.05, 3.63) is 64.1 Å². The normalized spacial score (nSPS) is 13.7. The predicted octanol–water partition coefficient (Wildman–Crippen LogP) is 4.33. The average Bonchev–Trinajstić information content (AvgIpc) is 2.61. The summed E-state index contributed by atoms with van der Waals surface area (Å²) < 4.78 is 24.9. The van der Waals surface area contributed by atoms with Gasteiger partial charge in [0.1, 0.15) is 0 Å². The molecule has 0 saturated carbocycles. The molecule has 0 saturated heterocycles. The maximum absolute atomic E-state index is 12.5. The third-order valence-corrected chi connectivity index (χ3v) is 6.14. The van der Waals surface area contributed by atoms with Gasteiger partial charge in [0.2, 0.25) is 0 Å². The van der Waals surface area contributed by atoms with Crippen molar-refractivity contribution in [2.24, 2.45) is 0 Å². The standard InChI is InChI=1S/C19H24Cl2N2O3S/c1-19(2,26-22-27(24,25)15-8-6-5-7-9-15)16(13-23(3)4)14-10-11-17(20)18(21)12-14/h5-12,16,22H,13H2,1-4H3/t16-/m0/s1. The van der Waals surface area contributed by atoms with Gasteiger partial charge >= 0.3 is 0 Å². The number of sulfonamides is 1. The summed E-state index contributed by atoms with van der Waals surface area (Å²) in [7, 11) is 0.0929. The highest BCUT2D eigenvalue weighted by molar-refractivity contribution is 7.89. The van der Waals surface area contributed by atoms with E-state index >= 15 is 0 Å². The van der Waals surface area contributed by atoms with Gasteiger partial charge in [0.05, 0.1) is 20.5 Å². The van der Waals surface area contributed by atoms with Crippen molar-refractivity contribution in [3.8, 4) is 0 Å². The van der Waals surface area contributed by atoms with E-state index in [4.69, 9.17) is 28.0 Å². The van der Waals surface area contributed by atoms with E-state index in [9.17, 15) is 8.42 Å². The number of halogens is 2. The molecule has 0 heterocycles. The van der Waals surface area contributed by atoms with Crippen molar-refractivity contribution in [3.63, 3.8) is 0 Å². The lowest BCUT2D eigenvalue weighted by Gasteiger charge is -2.36. The van der Waals surface area contributed by atoms with Gasteiger partial charge in [-0.15, -0.1) is 0 Å². The zero-order chi connectivity index (χ0) is 20.2. The molecule has 2 aromatic rings. The van der Waals surface area contributed by atoms with Crippen LogP contribution in [0.4, 0.5) is 0 Å². The maximum Gasteiger partial charge on any atom is 0.262 e. The van der Waals surface area contributed by atoms with Crippen LogP contribution in [0.1, 0.15) is 25.3 Å². The predicted molar refractivity (Wildman–Crippen MR) is 110 cm³/mol. The third kappa shape index (κ3) is 5.91. The van der Waals surface area contributed by atoms with Crippen LogP contribution < -0.4 is 4.89 Å². The SMILES string of the molecule is CN(C)C[C@@H](c1ccc(Cl)c(Cl)c1)C(C)(C)ONS(=O)(=O)c1ccccc1. The molecule has 27 heavy (non-hydrogen) atoms. The van der Waals surface area contributed by atoms with Crippen LogP contribution in [0.5, 0.6) is 0 Å². The van der Waals surface area contributed by atoms with Crippen LogP contribution in [0, 0.1) is 0 Å². The Labute approximate surface area is 171 Å². The van der Waals surface area contributed by atoms with Gasteiger partial charge < -0.3 is 4.90 Å². The number of hydrogen-bond acceptors (Lipinski definition) is 4. The molecule has 5 nitrogen and oxygen atoms in total. The largest absolute Gasteiger partial charge is 0.309 e. The second-order valence-electron chi connectivity index (χ2n) is 7.09. The average molecular weight is 431 g/mol. The summed E-state index contributed by atoms with van der Waals surface area (Å²) in [4.78, 5) is 10.1. The Morgan fingerprint density at radius 1 is 1.07 bits per heavy atom. The van der Waals surface area contributed by atoms with E-state index in [1.807, 2.05) is 38.9 Å². The summed E-state index contributed by atoms with van der Waals surface area (Å²) in [5.41, 5.74) is 0.0468. The minimum absolute atomic E-state index is 0.138. The van der Waals surface area contributed by atoms with Gasteiger partial charge in [0.15, 0.2) is 0 Å². The summed E-state index contributed by atoms with van der Waals surface area (Å²) in [6, 6.07) is 13.5. The minimum Gasteiger partial charge on any atom is -0.309 e. The molecule has 0 aliphatic carbocycles. The topological polar surface area (TPSA) is 58.6 Å². The zero-order valence-electron chi connectivity index (χ0n) is 15.7. The molecule has 0 aliphatic rings. The van der Waals surface area contributed by atoms with Gasteiger partial charge in [-0.05, 0) is 57.8 Å². The first kappa shape index (κ1) is 22.1. The van der Waals surface area contributed by atoms with Crippen LogP contribution in [0.3, 0.4) is 0 Å². The molecule has 1 atom stereocenters. The number of likely N-dealkylation sites (N-methyl/N-ethyl adjacent to an activating group) is 1. The number of benzene rings is 2. The highest BCUT2D eigenvalue weighted by Gasteiger charge is 2.34. The smallest absolute Gasteiger partial charge is 0.262 e. The van der Waals surface area contributed by atoms with Gasteiger partial charge in [-0.25, -0.2) is 8.42 Å². The lowest BCUT2D eigenvalue weighted by molar-refractivity contribution is -0.0711. The molecule has 0 radical (unpaired) electrons. The Morgan fingerprint density at radius 3 is 2.26 bits per heavy atom. The van der Waals surface area contributed by atoms with E-state index in [0.717, 1.165) is 5.56 Å². The monoisotopic (exact) mass is 430 g/mol. The van der Waals surface area contributed by atoms with Gasteiger partial charge in [-0.1, -0.05) is 52.4 Å². The van der Waals surface area contributed by atoms with Crippen LogP contribution >= 0.6 is 23.2 Å². The molecule has 1 N–H and O–H groups in total. The fourth-order valence-electron chi connectivity index (χ4n) is 2.70. The molecule has 0 spiro atoms. The van der Waals surface area contributed by atoms with Crippen LogP contribution in [0.25, 0.3) is 0 Å². The first-order chi connectivity index (χ1) is 12.5. The maximum atomic E-state index is 12.5. The highest BCUT2D eigenvalue weighted by Crippen LogP contribution is 2.34. The van der Waals surface area contributed by atoms with Crippen molar-refractivity contribution in [2.45, 2.75) is 30.3 Å². The number of nitrogens with one attached hydrogen (secondary N) is 1. The third-order valence-electron chi connectivity index (χ3n) is 4.20. The van der Waals surface area contributed by atoms with Crippen molar-refractivity contribution < 1.29 is 13.3 Å². The first-order valence-electron chi connectivity index (χ1n) is 8.37. The number of rotatable bonds is 8. The Morgan fingerprint density at radius 2 is 1.70 bits per heavy atom. The van der Waals surface area contributed by atoms with Gasteiger partial charge in [-0.3, -0.25) is 4.84 Å². The minimum atomic E-state index is -3.79. The second kappa shape index (κ2) is 8.90. The Kier molecular flexibility index (Phi) is 7.30. The van der Waals surface area contributed by atoms with Gasteiger partial charge in [-0.2, -0.15) is 0 Å². The van der Waals surface area contributed by atoms with Crippen molar-refractivity contribution in [1.29, 1.82) is 0 Å². The summed E-state index contributed by atoms with van der Waals surface area (Å²) in [6.45, 7) is 4.28. The van der Waals surface area contributed by atoms with Crippen LogP contribution in [0.2, 0.25) is 10.0 Å². The van der Waals surface area contributed by atoms with Crippen molar-refractivity contribution in [2.75, 3.05) is 20.6 Å². The molecule has 0 aromatic heterocycles. The van der Waals surface area contributed by atoms with Crippen LogP contribution in [-0.2, 0) is 14.9 Å². The van der Waals surface area contributed by atoms with E-state index in [0.29, 0.717) is 16.6 Å². The van der Waals surface area contributed by atoms with Crippen molar-refractivity contribution in [1.82, 2.24) is 9.79 Å². The molecule has 148 valence electrons. The lowest BCUT2D eigenvalue weighted by atomic mass is 9.84. The molecule has 2 aromatic carbocycles. The molecule has 0 amide bonds. The van der Waals surface area contributed by atoms with Crippen molar-refractivity contribution >= 4 is 33.2 Å². The lowest BCUT2D eigenvalue weighted by Crippen LogP contribution is -2.43. The summed E-state index contributed by atoms with van der Waals surface area (Å²) in [6.07, 6.45) is 0. The first-order valence-corrected chi connectivity index (χ1v) is 10.6. The second-order valence-corrected chi connectivity index (χ2v) is 9.55. The summed E-state index contributed by atoms with van der Waals surface area (Å²) in [5.74, 6) is -0.166. The molecule has 0 bridgehead atoms. The summed E-state index contributed by atoms with van der Waals surface area (Å²) in [5, 5.41) is 0.908. The number of hydrogen-bond donors (Lipinski definition) is 1. The molecular weight excluding hydrogens is 407 g/mol. The Bertz CT molecular complexity index is 872. The fraction of sp³-hybridized carbons (Fsp3) is 0.368. The van der Waals surface area contributed by atoms with E-state index < -0.39 is 15.6 Å². The van der Waals surface area contributed by atoms with E-state index in [1.54, 1.807) is 30.3 Å². The molecule has 8 heteroatoms. The van der Waals surface area contributed by atoms with Gasteiger partial charge in [0, 0.05) is 12.5 Å². The zero-order valence-corrected chi connectivity index (χ0v) is 18.1. The Hall–Kier alpha value is -1.15. The number of nitrogens with zero attached hydrogens (tertiary/aromatic N) is 1. The summed E-state index contributed by atoms with van der Waals surface area (Å²) >= 11 is 12.2. The van der Waals surface area contributed by atoms with E-state index in [1.165, 1.54) is 12.1 Å². The van der Waals surface area contributed by atoms with E-state index in [2.05, 4.69) is 4.89 Å². The van der Waals surface area contributed by atoms with Crippen LogP contribution in [0.15, 0.2) is 53.4 Å². The molecular formula is C19H24Cl2N2O3S. The van der Waals surface area contributed by atoms with Crippen LogP contribution in [-0.4, -0.2) is 39.6 Å². The molecule has 0 unspecified atom stereocenters.